The third-order valence-electron chi connectivity index (χ3n) is 6.40. The van der Waals surface area contributed by atoms with E-state index in [1.165, 1.54) is 0 Å². The van der Waals surface area contributed by atoms with Gasteiger partial charge in [-0.3, -0.25) is 14.4 Å². The van der Waals surface area contributed by atoms with Crippen LogP contribution in [0.25, 0.3) is 0 Å². The zero-order valence-corrected chi connectivity index (χ0v) is 17.8. The molecule has 0 unspecified atom stereocenters. The van der Waals surface area contributed by atoms with E-state index < -0.39 is 0 Å². The molecular weight excluding hydrogens is 366 g/mol. The molecule has 2 aliphatic rings. The van der Waals surface area contributed by atoms with Gasteiger partial charge in [-0.2, -0.15) is 0 Å². The fraction of sp³-hybridized carbons (Fsp3) is 0.609. The lowest BCUT2D eigenvalue weighted by molar-refractivity contribution is -0.140. The average Bonchev–Trinajstić information content (AvgIpc) is 2.74. The number of nitrogens with one attached hydrogen (secondary N) is 1. The summed E-state index contributed by atoms with van der Waals surface area (Å²) in [7, 11) is 0. The van der Waals surface area contributed by atoms with Gasteiger partial charge in [-0.05, 0) is 49.7 Å². The van der Waals surface area contributed by atoms with Crippen molar-refractivity contribution in [1.29, 1.82) is 0 Å². The van der Waals surface area contributed by atoms with Crippen LogP contribution in [0.2, 0.25) is 0 Å². The molecule has 3 amide bonds. The van der Waals surface area contributed by atoms with Crippen LogP contribution in [0.5, 0.6) is 0 Å². The van der Waals surface area contributed by atoms with Gasteiger partial charge in [-0.15, -0.1) is 0 Å². The van der Waals surface area contributed by atoms with E-state index in [0.717, 1.165) is 48.9 Å². The summed E-state index contributed by atoms with van der Waals surface area (Å²) in [5.41, 5.74) is 3.19. The second kappa shape index (κ2) is 9.42. The number of hydrogen-bond donors (Lipinski definition) is 1. The van der Waals surface area contributed by atoms with Crippen LogP contribution < -0.4 is 5.32 Å². The summed E-state index contributed by atoms with van der Waals surface area (Å²) in [6.07, 6.45) is 3.87. The summed E-state index contributed by atoms with van der Waals surface area (Å²) in [5.74, 6) is 0.581. The molecule has 1 heterocycles. The molecule has 1 aliphatic heterocycles. The molecular formula is C23H33N3O3. The van der Waals surface area contributed by atoms with Crippen molar-refractivity contribution in [3.8, 4) is 0 Å². The van der Waals surface area contributed by atoms with Gasteiger partial charge in [0.1, 0.15) is 0 Å². The van der Waals surface area contributed by atoms with Crippen molar-refractivity contribution in [3.05, 3.63) is 29.3 Å². The molecule has 1 saturated carbocycles. The molecule has 0 radical (unpaired) electrons. The van der Waals surface area contributed by atoms with E-state index in [0.29, 0.717) is 32.1 Å². The van der Waals surface area contributed by atoms with Crippen LogP contribution in [0, 0.1) is 18.8 Å². The molecule has 0 bridgehead atoms. The topological polar surface area (TPSA) is 69.7 Å². The number of amides is 3. The highest BCUT2D eigenvalue weighted by Gasteiger charge is 2.33. The summed E-state index contributed by atoms with van der Waals surface area (Å²) in [4.78, 5) is 40.1. The van der Waals surface area contributed by atoms with Gasteiger partial charge in [0.15, 0.2) is 0 Å². The molecule has 2 fully saturated rings. The summed E-state index contributed by atoms with van der Waals surface area (Å²) < 4.78 is 0. The predicted octanol–water partition coefficient (Wildman–Crippen LogP) is 3.16. The van der Waals surface area contributed by atoms with Crippen molar-refractivity contribution < 1.29 is 14.4 Å². The number of carbonyl (C=O) groups is 3. The highest BCUT2D eigenvalue weighted by Crippen LogP contribution is 2.33. The van der Waals surface area contributed by atoms with Gasteiger partial charge < -0.3 is 15.1 Å². The van der Waals surface area contributed by atoms with Crippen LogP contribution >= 0.6 is 0 Å². The summed E-state index contributed by atoms with van der Waals surface area (Å²) in [6, 6.07) is 6.14. The minimum Gasteiger partial charge on any atom is -0.342 e. The van der Waals surface area contributed by atoms with E-state index >= 15 is 0 Å². The maximum Gasteiger partial charge on any atom is 0.227 e. The van der Waals surface area contributed by atoms with Crippen LogP contribution in [-0.4, -0.2) is 54.2 Å². The maximum absolute atomic E-state index is 12.9. The highest BCUT2D eigenvalue weighted by molar-refractivity contribution is 5.94. The third-order valence-corrected chi connectivity index (χ3v) is 6.40. The first-order chi connectivity index (χ1) is 13.9. The highest BCUT2D eigenvalue weighted by atomic mass is 16.2. The average molecular weight is 400 g/mol. The molecule has 29 heavy (non-hydrogen) atoms. The third kappa shape index (κ3) is 4.98. The number of aryl methyl sites for hydroxylation is 1. The van der Waals surface area contributed by atoms with Gasteiger partial charge >= 0.3 is 0 Å². The fourth-order valence-corrected chi connectivity index (χ4v) is 4.48. The van der Waals surface area contributed by atoms with E-state index in [9.17, 15) is 14.4 Å². The van der Waals surface area contributed by atoms with Gasteiger partial charge in [-0.1, -0.05) is 32.0 Å². The van der Waals surface area contributed by atoms with Gasteiger partial charge in [-0.25, -0.2) is 0 Å². The van der Waals surface area contributed by atoms with Crippen LogP contribution in [0.3, 0.4) is 0 Å². The minimum absolute atomic E-state index is 0.00603. The van der Waals surface area contributed by atoms with Gasteiger partial charge in [0, 0.05) is 43.7 Å². The number of hydrogen-bond acceptors (Lipinski definition) is 3. The van der Waals surface area contributed by atoms with Gasteiger partial charge in [0.2, 0.25) is 18.2 Å². The number of rotatable bonds is 5. The smallest absolute Gasteiger partial charge is 0.227 e. The largest absolute Gasteiger partial charge is 0.342 e. The molecule has 0 atom stereocenters. The number of para-hydroxylation sites is 1. The molecule has 1 aromatic rings. The molecule has 0 spiro atoms. The normalized spacial score (nSPS) is 22.5. The van der Waals surface area contributed by atoms with E-state index in [2.05, 4.69) is 25.2 Å². The zero-order valence-electron chi connectivity index (χ0n) is 17.8. The second-order valence-electron chi connectivity index (χ2n) is 8.70. The fourth-order valence-electron chi connectivity index (χ4n) is 4.48. The number of carbonyl (C=O) groups excluding carboxylic acids is 3. The minimum atomic E-state index is -0.0365. The maximum atomic E-state index is 12.9. The number of anilines is 1. The van der Waals surface area contributed by atoms with Crippen LogP contribution in [0.1, 0.15) is 56.6 Å². The molecule has 6 heteroatoms. The lowest BCUT2D eigenvalue weighted by atomic mass is 9.80. The van der Waals surface area contributed by atoms with E-state index in [-0.39, 0.29) is 23.7 Å². The van der Waals surface area contributed by atoms with Crippen LogP contribution in [0.4, 0.5) is 5.69 Å². The van der Waals surface area contributed by atoms with Crippen molar-refractivity contribution >= 4 is 23.9 Å². The Labute approximate surface area is 173 Å². The number of piperazine rings is 1. The SMILES string of the molecule is Cc1cccc(C(C)C)c1NC(=O)C1CCC(C(=O)N2CCN(C=O)CC2)CC1. The second-order valence-corrected chi connectivity index (χ2v) is 8.70. The molecule has 0 aromatic heterocycles. The molecule has 1 aliphatic carbocycles. The monoisotopic (exact) mass is 399 g/mol. The summed E-state index contributed by atoms with van der Waals surface area (Å²) in [6.45, 7) is 8.75. The molecule has 1 N–H and O–H groups in total. The molecule has 6 nitrogen and oxygen atoms in total. The van der Waals surface area contributed by atoms with Crippen molar-refractivity contribution in [3.63, 3.8) is 0 Å². The lowest BCUT2D eigenvalue weighted by Crippen LogP contribution is -2.50. The first-order valence-corrected chi connectivity index (χ1v) is 10.8. The van der Waals surface area contributed by atoms with E-state index in [1.807, 2.05) is 24.0 Å². The Morgan fingerprint density at radius 2 is 1.66 bits per heavy atom. The Bertz CT molecular complexity index is 746. The van der Waals surface area contributed by atoms with E-state index in [1.54, 1.807) is 4.90 Å². The zero-order chi connectivity index (χ0) is 21.0. The van der Waals surface area contributed by atoms with Crippen molar-refractivity contribution in [2.45, 2.75) is 52.4 Å². The first-order valence-electron chi connectivity index (χ1n) is 10.8. The van der Waals surface area contributed by atoms with Crippen molar-refractivity contribution in [2.24, 2.45) is 11.8 Å². The quantitative estimate of drug-likeness (QED) is 0.773. The van der Waals surface area contributed by atoms with Crippen molar-refractivity contribution in [2.75, 3.05) is 31.5 Å². The number of nitrogens with zero attached hydrogens (tertiary/aromatic N) is 2. The Morgan fingerprint density at radius 3 is 2.24 bits per heavy atom. The Hall–Kier alpha value is -2.37. The molecule has 1 aromatic carbocycles. The molecule has 1 saturated heterocycles. The lowest BCUT2D eigenvalue weighted by Gasteiger charge is -2.36. The van der Waals surface area contributed by atoms with E-state index in [4.69, 9.17) is 0 Å². The van der Waals surface area contributed by atoms with Crippen molar-refractivity contribution in [1.82, 2.24) is 9.80 Å². The first kappa shape index (κ1) is 21.3. The predicted molar refractivity (Wildman–Crippen MR) is 114 cm³/mol. The number of benzene rings is 1. The van der Waals surface area contributed by atoms with Crippen LogP contribution in [-0.2, 0) is 14.4 Å². The molecule has 3 rings (SSSR count). The summed E-state index contributed by atoms with van der Waals surface area (Å²) >= 11 is 0. The van der Waals surface area contributed by atoms with Crippen LogP contribution in [0.15, 0.2) is 18.2 Å². The Morgan fingerprint density at radius 1 is 1.03 bits per heavy atom. The molecule has 158 valence electrons. The summed E-state index contributed by atoms with van der Waals surface area (Å²) in [5, 5.41) is 3.18. The van der Waals surface area contributed by atoms with Gasteiger partial charge in [0.25, 0.3) is 0 Å². The van der Waals surface area contributed by atoms with Gasteiger partial charge in [0.05, 0.1) is 0 Å². The Kier molecular flexibility index (Phi) is 6.93. The Balaban J connectivity index is 1.54. The standard InChI is InChI=1S/C23H33N3O3/c1-16(2)20-6-4-5-17(3)21(20)24-22(28)18-7-9-19(10-8-18)23(29)26-13-11-25(15-27)12-14-26/h4-6,15-16,18-19H,7-14H2,1-3H3,(H,24,28).